The maximum absolute atomic E-state index is 14.0. The number of esters is 2. The molecule has 1 aliphatic rings. The Kier molecular flexibility index (Phi) is 12.7. The van der Waals surface area contributed by atoms with E-state index in [-0.39, 0.29) is 24.0 Å². The Morgan fingerprint density at radius 2 is 1.43 bits per heavy atom. The number of aromatic hydroxyl groups is 1. The lowest BCUT2D eigenvalue weighted by Gasteiger charge is -2.32. The lowest BCUT2D eigenvalue weighted by atomic mass is 9.78. The van der Waals surface area contributed by atoms with Gasteiger partial charge in [-0.2, -0.15) is 0 Å². The zero-order valence-electron chi connectivity index (χ0n) is 29.8. The number of benzene rings is 2. The van der Waals surface area contributed by atoms with Crippen molar-refractivity contribution in [2.75, 3.05) is 7.11 Å². The Morgan fingerprint density at radius 1 is 0.872 bits per heavy atom. The van der Waals surface area contributed by atoms with Crippen molar-refractivity contribution >= 4 is 30.4 Å². The van der Waals surface area contributed by atoms with Crippen LogP contribution in [-0.2, 0) is 46.0 Å². The Balaban J connectivity index is 1.80. The number of rotatable bonds is 14. The number of methoxy groups -OCH3 is 1. The Morgan fingerprint density at radius 3 is 1.94 bits per heavy atom. The Bertz CT molecular complexity index is 1330. The molecule has 1 aliphatic heterocycles. The molecule has 258 valence electrons. The third kappa shape index (κ3) is 10.8. The van der Waals surface area contributed by atoms with Gasteiger partial charge in [-0.05, 0) is 109 Å². The van der Waals surface area contributed by atoms with Crippen LogP contribution in [0, 0.1) is 17.8 Å². The molecule has 9 nitrogen and oxygen atoms in total. The highest BCUT2D eigenvalue weighted by Gasteiger charge is 2.51. The van der Waals surface area contributed by atoms with Gasteiger partial charge < -0.3 is 29.2 Å². The van der Waals surface area contributed by atoms with Gasteiger partial charge in [-0.25, -0.2) is 4.79 Å². The second-order valence-electron chi connectivity index (χ2n) is 15.1. The fraction of sp³-hybridized carbons (Fsp3) is 0.595. The average molecular weight is 652 g/mol. The molecule has 47 heavy (non-hydrogen) atoms. The summed E-state index contributed by atoms with van der Waals surface area (Å²) in [5.41, 5.74) is 1.03. The van der Waals surface area contributed by atoms with Crippen LogP contribution >= 0.6 is 0 Å². The minimum atomic E-state index is -0.957. The van der Waals surface area contributed by atoms with Gasteiger partial charge in [-0.15, -0.1) is 0 Å². The topological polar surface area (TPSA) is 120 Å². The SMILES string of the molecule is COC(=O)[C@H](Cc1ccc(B2OC(C)(C)C(C)(C)O2)cc1)NC(=O)[C@@H](CC(C)C)[C@H](CCCc1ccc(O)cc1)C(=O)OC(C)(C)C. The number of carbonyl (C=O) groups excluding carboxylic acids is 3. The van der Waals surface area contributed by atoms with Gasteiger partial charge in [0.25, 0.3) is 0 Å². The minimum absolute atomic E-state index is 0.104. The van der Waals surface area contributed by atoms with E-state index >= 15 is 0 Å². The van der Waals surface area contributed by atoms with Crippen LogP contribution in [0.2, 0.25) is 0 Å². The van der Waals surface area contributed by atoms with Crippen LogP contribution in [0.1, 0.15) is 92.7 Å². The molecule has 0 unspecified atom stereocenters. The summed E-state index contributed by atoms with van der Waals surface area (Å²) in [5.74, 6) is -2.53. The monoisotopic (exact) mass is 651 g/mol. The molecular weight excluding hydrogens is 597 g/mol. The van der Waals surface area contributed by atoms with E-state index in [9.17, 15) is 19.5 Å². The van der Waals surface area contributed by atoms with E-state index in [4.69, 9.17) is 18.8 Å². The lowest BCUT2D eigenvalue weighted by molar-refractivity contribution is -0.164. The minimum Gasteiger partial charge on any atom is -0.508 e. The van der Waals surface area contributed by atoms with Crippen LogP contribution in [0.25, 0.3) is 0 Å². The van der Waals surface area contributed by atoms with Gasteiger partial charge in [0.1, 0.15) is 17.4 Å². The third-order valence-electron chi connectivity index (χ3n) is 8.92. The van der Waals surface area contributed by atoms with Crippen LogP contribution in [0.15, 0.2) is 48.5 Å². The van der Waals surface area contributed by atoms with E-state index in [1.54, 1.807) is 32.9 Å². The molecule has 1 amide bonds. The molecule has 0 radical (unpaired) electrons. The molecule has 0 saturated carbocycles. The summed E-state index contributed by atoms with van der Waals surface area (Å²) in [6, 6.07) is 13.6. The maximum Gasteiger partial charge on any atom is 0.494 e. The quantitative estimate of drug-likeness (QED) is 0.202. The van der Waals surface area contributed by atoms with Crippen LogP contribution in [0.4, 0.5) is 0 Å². The normalized spacial score (nSPS) is 17.6. The summed E-state index contributed by atoms with van der Waals surface area (Å²) in [6.45, 7) is 17.4. The van der Waals surface area contributed by atoms with Crippen molar-refractivity contribution in [3.8, 4) is 5.75 Å². The van der Waals surface area contributed by atoms with Crippen molar-refractivity contribution in [3.05, 3.63) is 59.7 Å². The molecule has 1 fully saturated rings. The largest absolute Gasteiger partial charge is 0.508 e. The van der Waals surface area contributed by atoms with Crippen molar-refractivity contribution in [2.24, 2.45) is 17.8 Å². The smallest absolute Gasteiger partial charge is 0.494 e. The Hall–Kier alpha value is -3.37. The number of ether oxygens (including phenoxy) is 2. The van der Waals surface area contributed by atoms with Crippen molar-refractivity contribution < 1.29 is 38.3 Å². The first-order chi connectivity index (χ1) is 21.8. The number of phenols is 1. The number of carbonyl (C=O) groups is 3. The first-order valence-corrected chi connectivity index (χ1v) is 16.7. The van der Waals surface area contributed by atoms with E-state index in [1.807, 2.05) is 77.9 Å². The van der Waals surface area contributed by atoms with Gasteiger partial charge in [0.2, 0.25) is 5.91 Å². The highest BCUT2D eigenvalue weighted by molar-refractivity contribution is 6.62. The first kappa shape index (κ1) is 38.1. The second kappa shape index (κ2) is 15.7. The van der Waals surface area contributed by atoms with Crippen molar-refractivity contribution in [2.45, 2.75) is 117 Å². The summed E-state index contributed by atoms with van der Waals surface area (Å²) in [7, 11) is 0.780. The number of nitrogens with one attached hydrogen (secondary N) is 1. The number of hydrogen-bond acceptors (Lipinski definition) is 8. The van der Waals surface area contributed by atoms with Gasteiger partial charge in [-0.3, -0.25) is 9.59 Å². The van der Waals surface area contributed by atoms with Gasteiger partial charge >= 0.3 is 19.1 Å². The van der Waals surface area contributed by atoms with Gasteiger partial charge in [0, 0.05) is 6.42 Å². The number of amides is 1. The molecule has 0 aromatic heterocycles. The molecular formula is C37H54BNO8. The zero-order valence-corrected chi connectivity index (χ0v) is 29.8. The summed E-state index contributed by atoms with van der Waals surface area (Å²) >= 11 is 0. The van der Waals surface area contributed by atoms with Crippen LogP contribution in [-0.4, -0.2) is 60.0 Å². The highest BCUT2D eigenvalue weighted by Crippen LogP contribution is 2.36. The predicted molar refractivity (Wildman–Crippen MR) is 183 cm³/mol. The standard InChI is InChI=1S/C37H54BNO8/c1-24(2)22-30(29(33(42)45-35(3,4)5)13-11-12-25-16-20-28(40)21-17-25)32(41)39-31(34(43)44-10)23-26-14-18-27(19-15-26)38-46-36(6,7)37(8,9)47-38/h14-21,24,29-31,40H,11-13,22-23H2,1-10H3,(H,39,41)/t29-,30-,31-/m0/s1. The average Bonchev–Trinajstić information content (AvgIpc) is 3.19. The van der Waals surface area contributed by atoms with Gasteiger partial charge in [0.15, 0.2) is 0 Å². The van der Waals surface area contributed by atoms with Crippen LogP contribution in [0.5, 0.6) is 5.75 Å². The molecule has 2 N–H and O–H groups in total. The van der Waals surface area contributed by atoms with E-state index < -0.39 is 53.7 Å². The summed E-state index contributed by atoms with van der Waals surface area (Å²) in [5, 5.41) is 12.6. The molecule has 3 atom stereocenters. The van der Waals surface area contributed by atoms with Gasteiger partial charge in [-0.1, -0.05) is 50.2 Å². The molecule has 0 aliphatic carbocycles. The predicted octanol–water partition coefficient (Wildman–Crippen LogP) is 5.53. The maximum atomic E-state index is 14.0. The van der Waals surface area contributed by atoms with Crippen LogP contribution in [0.3, 0.4) is 0 Å². The van der Waals surface area contributed by atoms with Crippen LogP contribution < -0.4 is 10.8 Å². The van der Waals surface area contributed by atoms with E-state index in [0.29, 0.717) is 25.7 Å². The van der Waals surface area contributed by atoms with Crippen molar-refractivity contribution in [1.29, 1.82) is 0 Å². The molecule has 0 spiro atoms. The molecule has 1 saturated heterocycles. The molecule has 3 rings (SSSR count). The fourth-order valence-corrected chi connectivity index (χ4v) is 5.65. The van der Waals surface area contributed by atoms with Crippen molar-refractivity contribution in [1.82, 2.24) is 5.32 Å². The molecule has 0 bridgehead atoms. The van der Waals surface area contributed by atoms with Gasteiger partial charge in [0.05, 0.1) is 30.1 Å². The highest BCUT2D eigenvalue weighted by atomic mass is 16.7. The lowest BCUT2D eigenvalue weighted by Crippen LogP contribution is -2.48. The first-order valence-electron chi connectivity index (χ1n) is 16.7. The second-order valence-corrected chi connectivity index (χ2v) is 15.1. The summed E-state index contributed by atoms with van der Waals surface area (Å²) < 4.78 is 23.2. The summed E-state index contributed by atoms with van der Waals surface area (Å²) in [6.07, 6.45) is 2.36. The number of hydrogen-bond donors (Lipinski definition) is 2. The van der Waals surface area contributed by atoms with E-state index in [1.165, 1.54) is 7.11 Å². The molecule has 10 heteroatoms. The van der Waals surface area contributed by atoms with E-state index in [2.05, 4.69) is 5.32 Å². The third-order valence-corrected chi connectivity index (χ3v) is 8.92. The molecule has 1 heterocycles. The fourth-order valence-electron chi connectivity index (χ4n) is 5.65. The summed E-state index contributed by atoms with van der Waals surface area (Å²) in [4.78, 5) is 40.6. The number of aryl methyl sites for hydroxylation is 1. The molecule has 2 aromatic rings. The van der Waals surface area contributed by atoms with Crippen molar-refractivity contribution in [3.63, 3.8) is 0 Å². The molecule has 2 aromatic carbocycles. The Labute approximate surface area is 281 Å². The number of phenolic OH excluding ortho intramolecular Hbond substituents is 1. The van der Waals surface area contributed by atoms with E-state index in [0.717, 1.165) is 16.6 Å². The zero-order chi connectivity index (χ0) is 35.2.